The van der Waals surface area contributed by atoms with Gasteiger partial charge in [-0.15, -0.1) is 0 Å². The number of aromatic carboxylic acids is 1. The van der Waals surface area contributed by atoms with Crippen LogP contribution >= 0.6 is 12.2 Å². The van der Waals surface area contributed by atoms with Crippen LogP contribution in [0.25, 0.3) is 0 Å². The van der Waals surface area contributed by atoms with Crippen LogP contribution in [0.3, 0.4) is 0 Å². The number of rotatable bonds is 7. The molecule has 0 aromatic heterocycles. The fraction of sp³-hybridized carbons (Fsp3) is 0.250. The molecule has 2 rings (SSSR count). The lowest BCUT2D eigenvalue weighted by molar-refractivity contribution is -0.121. The summed E-state index contributed by atoms with van der Waals surface area (Å²) in [5.74, 6) is -1.32. The summed E-state index contributed by atoms with van der Waals surface area (Å²) in [6.07, 6.45) is 0.645. The third-order valence-electron chi connectivity index (χ3n) is 4.26. The molecule has 0 amide bonds. The minimum absolute atomic E-state index is 0.0735. The molecule has 130 valence electrons. The zero-order valence-corrected chi connectivity index (χ0v) is 15.0. The third-order valence-corrected chi connectivity index (χ3v) is 4.66. The lowest BCUT2D eigenvalue weighted by Crippen LogP contribution is -2.31. The van der Waals surface area contributed by atoms with E-state index in [0.29, 0.717) is 17.1 Å². The minimum atomic E-state index is -0.993. The second kappa shape index (κ2) is 8.53. The number of anilines is 1. The number of carboxylic acids is 1. The molecule has 0 aliphatic heterocycles. The van der Waals surface area contributed by atoms with Crippen LogP contribution in [0, 0.1) is 11.8 Å². The van der Waals surface area contributed by atoms with Crippen molar-refractivity contribution in [3.8, 4) is 0 Å². The van der Waals surface area contributed by atoms with Crippen molar-refractivity contribution >= 4 is 34.6 Å². The highest BCUT2D eigenvalue weighted by molar-refractivity contribution is 7.80. The predicted octanol–water partition coefficient (Wildman–Crippen LogP) is 4.21. The highest BCUT2D eigenvalue weighted by atomic mass is 32.1. The zero-order chi connectivity index (χ0) is 18.4. The number of Topliss-reactive ketones (excluding diaryl/α,β-unsaturated/α-hetero) is 1. The summed E-state index contributed by atoms with van der Waals surface area (Å²) in [5, 5.41) is 12.2. The molecule has 0 bridgehead atoms. The number of nitrogens with one attached hydrogen (secondary N) is 1. The van der Waals surface area contributed by atoms with Crippen molar-refractivity contribution in [3.05, 3.63) is 65.7 Å². The molecule has 0 fully saturated rings. The Balaban J connectivity index is 2.21. The first-order valence-electron chi connectivity index (χ1n) is 8.07. The lowest BCUT2D eigenvalue weighted by atomic mass is 9.85. The van der Waals surface area contributed by atoms with Crippen molar-refractivity contribution < 1.29 is 14.7 Å². The molecule has 5 heteroatoms. The minimum Gasteiger partial charge on any atom is -0.478 e. The lowest BCUT2D eigenvalue weighted by Gasteiger charge is -2.24. The van der Waals surface area contributed by atoms with Gasteiger partial charge in [-0.25, -0.2) is 4.79 Å². The van der Waals surface area contributed by atoms with Gasteiger partial charge in [-0.2, -0.15) is 0 Å². The van der Waals surface area contributed by atoms with Gasteiger partial charge >= 0.3 is 5.97 Å². The molecule has 4 nitrogen and oxygen atoms in total. The average molecular weight is 355 g/mol. The summed E-state index contributed by atoms with van der Waals surface area (Å²) in [7, 11) is 0. The number of hydrogen-bond donors (Lipinski definition) is 2. The number of benzene rings is 2. The predicted molar refractivity (Wildman–Crippen MR) is 103 cm³/mol. The molecule has 0 aliphatic carbocycles. The summed E-state index contributed by atoms with van der Waals surface area (Å²) in [6, 6.07) is 16.4. The largest absolute Gasteiger partial charge is 0.478 e. The van der Waals surface area contributed by atoms with E-state index in [1.807, 2.05) is 37.3 Å². The molecule has 0 saturated carbocycles. The fourth-order valence-corrected chi connectivity index (χ4v) is 3.02. The zero-order valence-electron chi connectivity index (χ0n) is 14.2. The molecular weight excluding hydrogens is 334 g/mol. The van der Waals surface area contributed by atoms with Crippen molar-refractivity contribution in [2.24, 2.45) is 11.8 Å². The van der Waals surface area contributed by atoms with Crippen LogP contribution in [0.5, 0.6) is 0 Å². The maximum absolute atomic E-state index is 11.9. The molecule has 2 unspecified atom stereocenters. The number of thiocarbonyl (C=S) groups is 1. The molecule has 0 radical (unpaired) electrons. The standard InChI is InChI=1S/C20H21NO3S/c1-13(14(2)22)18(11-15-7-4-3-5-8-15)19(25)21-17-10-6-9-16(12-17)20(23)24/h3-10,12-13,18H,11H2,1-2H3,(H,21,25)(H,23,24). The van der Waals surface area contributed by atoms with E-state index in [4.69, 9.17) is 17.3 Å². The Morgan fingerprint density at radius 2 is 1.80 bits per heavy atom. The van der Waals surface area contributed by atoms with Gasteiger partial charge in [-0.3, -0.25) is 4.79 Å². The summed E-state index contributed by atoms with van der Waals surface area (Å²) in [4.78, 5) is 23.6. The van der Waals surface area contributed by atoms with E-state index >= 15 is 0 Å². The highest BCUT2D eigenvalue weighted by Gasteiger charge is 2.25. The number of ketones is 1. The van der Waals surface area contributed by atoms with Crippen LogP contribution in [0.4, 0.5) is 5.69 Å². The van der Waals surface area contributed by atoms with E-state index in [1.54, 1.807) is 19.1 Å². The summed E-state index contributed by atoms with van der Waals surface area (Å²) < 4.78 is 0. The second-order valence-electron chi connectivity index (χ2n) is 6.07. The number of carbonyl (C=O) groups excluding carboxylic acids is 1. The van der Waals surface area contributed by atoms with Gasteiger partial charge in [0.2, 0.25) is 0 Å². The van der Waals surface area contributed by atoms with Crippen molar-refractivity contribution in [2.45, 2.75) is 20.3 Å². The number of carbonyl (C=O) groups is 2. The van der Waals surface area contributed by atoms with Gasteiger partial charge in [0.05, 0.1) is 10.6 Å². The van der Waals surface area contributed by atoms with Crippen LogP contribution < -0.4 is 5.32 Å². The van der Waals surface area contributed by atoms with Crippen molar-refractivity contribution in [1.29, 1.82) is 0 Å². The molecule has 2 aromatic rings. The van der Waals surface area contributed by atoms with Crippen molar-refractivity contribution in [3.63, 3.8) is 0 Å². The smallest absolute Gasteiger partial charge is 0.335 e. The molecule has 0 aliphatic rings. The highest BCUT2D eigenvalue weighted by Crippen LogP contribution is 2.22. The molecule has 2 N–H and O–H groups in total. The molecule has 0 saturated heterocycles. The van der Waals surface area contributed by atoms with Gasteiger partial charge < -0.3 is 10.4 Å². The average Bonchev–Trinajstić information content (AvgIpc) is 2.60. The number of hydrogen-bond acceptors (Lipinski definition) is 3. The van der Waals surface area contributed by atoms with E-state index in [9.17, 15) is 9.59 Å². The second-order valence-corrected chi connectivity index (χ2v) is 6.51. The fourth-order valence-electron chi connectivity index (χ4n) is 2.61. The van der Waals surface area contributed by atoms with E-state index in [0.717, 1.165) is 5.56 Å². The van der Waals surface area contributed by atoms with Gasteiger partial charge in [-0.05, 0) is 37.1 Å². The van der Waals surface area contributed by atoms with Gasteiger partial charge in [0.15, 0.2) is 0 Å². The van der Waals surface area contributed by atoms with Crippen LogP contribution in [-0.4, -0.2) is 21.8 Å². The molecule has 2 aromatic carbocycles. The first-order chi connectivity index (χ1) is 11.9. The Morgan fingerprint density at radius 3 is 2.40 bits per heavy atom. The third kappa shape index (κ3) is 5.22. The monoisotopic (exact) mass is 355 g/mol. The Labute approximate surface area is 152 Å². The summed E-state index contributed by atoms with van der Waals surface area (Å²) in [5.41, 5.74) is 1.90. The topological polar surface area (TPSA) is 66.4 Å². The van der Waals surface area contributed by atoms with E-state index in [1.165, 1.54) is 12.1 Å². The van der Waals surface area contributed by atoms with Crippen LogP contribution in [0.15, 0.2) is 54.6 Å². The molecule has 2 atom stereocenters. The Morgan fingerprint density at radius 1 is 1.12 bits per heavy atom. The van der Waals surface area contributed by atoms with Crippen LogP contribution in [-0.2, 0) is 11.2 Å². The molecule has 0 spiro atoms. The first kappa shape index (κ1) is 18.8. The van der Waals surface area contributed by atoms with Crippen molar-refractivity contribution in [1.82, 2.24) is 0 Å². The maximum Gasteiger partial charge on any atom is 0.335 e. The molecular formula is C20H21NO3S. The Kier molecular flexibility index (Phi) is 6.42. The van der Waals surface area contributed by atoms with Crippen LogP contribution in [0.1, 0.15) is 29.8 Å². The Bertz CT molecular complexity index is 774. The first-order valence-corrected chi connectivity index (χ1v) is 8.48. The summed E-state index contributed by atoms with van der Waals surface area (Å²) in [6.45, 7) is 3.44. The normalized spacial score (nSPS) is 12.9. The molecule has 25 heavy (non-hydrogen) atoms. The van der Waals surface area contributed by atoms with Gasteiger partial charge in [0, 0.05) is 17.5 Å². The van der Waals surface area contributed by atoms with E-state index in [2.05, 4.69) is 5.32 Å². The van der Waals surface area contributed by atoms with Gasteiger partial charge in [0.25, 0.3) is 0 Å². The van der Waals surface area contributed by atoms with Gasteiger partial charge in [0.1, 0.15) is 5.78 Å². The van der Waals surface area contributed by atoms with E-state index in [-0.39, 0.29) is 23.2 Å². The van der Waals surface area contributed by atoms with Crippen LogP contribution in [0.2, 0.25) is 0 Å². The SMILES string of the molecule is CC(=O)C(C)C(Cc1ccccc1)C(=S)Nc1cccc(C(=O)O)c1. The quantitative estimate of drug-likeness (QED) is 0.729. The molecule has 0 heterocycles. The summed E-state index contributed by atoms with van der Waals surface area (Å²) >= 11 is 5.55. The number of carboxylic acid groups (broad SMARTS) is 1. The van der Waals surface area contributed by atoms with Crippen molar-refractivity contribution in [2.75, 3.05) is 5.32 Å². The maximum atomic E-state index is 11.9. The van der Waals surface area contributed by atoms with Gasteiger partial charge in [-0.1, -0.05) is 55.5 Å². The van der Waals surface area contributed by atoms with E-state index < -0.39 is 5.97 Å². The Hall–Kier alpha value is -2.53.